The number of hydrogen-bond donors (Lipinski definition) is 0. The highest BCUT2D eigenvalue weighted by atomic mass is 15.2. The first-order valence-electron chi connectivity index (χ1n) is 25.5. The largest absolute Gasteiger partial charge is 0.278 e. The van der Waals surface area contributed by atoms with Gasteiger partial charge in [0.05, 0.1) is 11.0 Å². The summed E-state index contributed by atoms with van der Waals surface area (Å²) in [6.07, 6.45) is 0. The Labute approximate surface area is 426 Å². The molecule has 13 aromatic carbocycles. The summed E-state index contributed by atoms with van der Waals surface area (Å²) in [5.74, 6) is 1.75. The van der Waals surface area contributed by atoms with E-state index in [0.29, 0.717) is 17.6 Å². The minimum atomic E-state index is -0.0702. The zero-order valence-corrected chi connectivity index (χ0v) is 40.0. The van der Waals surface area contributed by atoms with Gasteiger partial charge in [-0.15, -0.1) is 0 Å². The van der Waals surface area contributed by atoms with Gasteiger partial charge in [0.15, 0.2) is 11.6 Å². The van der Waals surface area contributed by atoms with Gasteiger partial charge < -0.3 is 0 Å². The second kappa shape index (κ2) is 15.9. The fourth-order valence-corrected chi connectivity index (χ4v) is 12.6. The molecule has 16 rings (SSSR count). The van der Waals surface area contributed by atoms with Crippen LogP contribution in [0.1, 0.15) is 22.6 Å². The molecule has 0 N–H and O–H groups in total. The van der Waals surface area contributed by atoms with Gasteiger partial charge in [-0.3, -0.25) is 4.57 Å². The fraction of sp³-hybridized carbons (Fsp3) is 0.0143. The molecule has 1 aliphatic carbocycles. The van der Waals surface area contributed by atoms with Gasteiger partial charge in [-0.1, -0.05) is 212 Å². The van der Waals surface area contributed by atoms with Crippen LogP contribution in [0.5, 0.6) is 0 Å². The number of nitrogens with zero attached hydrogens (tertiary/aromatic N) is 4. The predicted molar refractivity (Wildman–Crippen MR) is 308 cm³/mol. The number of benzene rings is 13. The summed E-state index contributed by atoms with van der Waals surface area (Å²) < 4.78 is 2.33. The summed E-state index contributed by atoms with van der Waals surface area (Å²) in [5.41, 5.74) is 12.7. The van der Waals surface area contributed by atoms with Crippen LogP contribution in [0.3, 0.4) is 0 Å². The van der Waals surface area contributed by atoms with Crippen LogP contribution in [-0.2, 0) is 0 Å². The molecule has 1 aliphatic rings. The molecule has 0 spiro atoms. The molecule has 2 aromatic heterocycles. The number of hydrogen-bond acceptors (Lipinski definition) is 3. The molecule has 0 radical (unpaired) electrons. The van der Waals surface area contributed by atoms with Crippen molar-refractivity contribution in [3.05, 3.63) is 265 Å². The highest BCUT2D eigenvalue weighted by Crippen LogP contribution is 2.54. The number of rotatable bonds is 5. The SMILES string of the molecule is c1ccc(-c2cccc(C3c4cc5c6ccccc6c6ccccc6c5cc4-c4cc5c6cc7c8ccccc8c8ccccc8c7cc6n(-c6nc(-c7ccccc7)nc(-c7ccccc7)n6)c5cc43)c2)cc1. The Morgan fingerprint density at radius 1 is 0.257 bits per heavy atom. The van der Waals surface area contributed by atoms with Crippen molar-refractivity contribution in [2.24, 2.45) is 0 Å². The summed E-state index contributed by atoms with van der Waals surface area (Å²) in [5, 5.41) is 17.2. The first-order chi connectivity index (χ1) is 36.7. The van der Waals surface area contributed by atoms with Crippen molar-refractivity contribution < 1.29 is 0 Å². The lowest BCUT2D eigenvalue weighted by Crippen LogP contribution is -2.07. The van der Waals surface area contributed by atoms with E-state index < -0.39 is 0 Å². The molecule has 4 heteroatoms. The van der Waals surface area contributed by atoms with E-state index in [-0.39, 0.29) is 5.92 Å². The van der Waals surface area contributed by atoms with E-state index in [2.05, 4.69) is 217 Å². The standard InChI is InChI=1S/C70H42N4/c1-4-19-42(20-5-1)45-25-18-26-46(35-45)67-63-39-57-53-33-16-12-28-48(53)47-27-10-14-31-51(47)55(57)36-58(63)59-38-62-61-37-56-52-32-15-11-29-49(52)50-30-13-17-34-54(50)60(56)40-65(61)74(66(62)41-64(59)67)70-72-68(43-21-6-2-7-22-43)71-69(73-70)44-23-8-3-9-24-44/h1-41,67H. The van der Waals surface area contributed by atoms with Gasteiger partial charge in [0.2, 0.25) is 5.95 Å². The Kier molecular flexibility index (Phi) is 8.77. The zero-order chi connectivity index (χ0) is 48.4. The van der Waals surface area contributed by atoms with Crippen LogP contribution in [0.4, 0.5) is 0 Å². The van der Waals surface area contributed by atoms with Crippen LogP contribution >= 0.6 is 0 Å². The second-order valence-electron chi connectivity index (χ2n) is 19.8. The first-order valence-corrected chi connectivity index (χ1v) is 25.5. The minimum Gasteiger partial charge on any atom is -0.278 e. The highest BCUT2D eigenvalue weighted by molar-refractivity contribution is 6.30. The third-order valence-electron chi connectivity index (χ3n) is 15.8. The monoisotopic (exact) mass is 938 g/mol. The van der Waals surface area contributed by atoms with E-state index >= 15 is 0 Å². The van der Waals surface area contributed by atoms with Gasteiger partial charge in [0, 0.05) is 27.8 Å². The summed E-state index contributed by atoms with van der Waals surface area (Å²) >= 11 is 0. The lowest BCUT2D eigenvalue weighted by atomic mass is 9.85. The Balaban J connectivity index is 1.06. The smallest absolute Gasteiger partial charge is 0.238 e. The van der Waals surface area contributed by atoms with Crippen molar-refractivity contribution in [2.75, 3.05) is 0 Å². The average molecular weight is 939 g/mol. The van der Waals surface area contributed by atoms with E-state index in [9.17, 15) is 0 Å². The minimum absolute atomic E-state index is 0.0702. The Morgan fingerprint density at radius 2 is 0.635 bits per heavy atom. The molecule has 2 heterocycles. The van der Waals surface area contributed by atoms with E-state index in [4.69, 9.17) is 15.0 Å². The van der Waals surface area contributed by atoms with Gasteiger partial charge in [0.1, 0.15) is 0 Å². The number of aromatic nitrogens is 4. The van der Waals surface area contributed by atoms with E-state index in [0.717, 1.165) is 32.9 Å². The Hall–Kier alpha value is -9.77. The van der Waals surface area contributed by atoms with Crippen LogP contribution < -0.4 is 0 Å². The van der Waals surface area contributed by atoms with Gasteiger partial charge in [-0.25, -0.2) is 4.98 Å². The van der Waals surface area contributed by atoms with Crippen LogP contribution in [-0.4, -0.2) is 19.5 Å². The maximum Gasteiger partial charge on any atom is 0.238 e. The Bertz CT molecular complexity index is 4770. The average Bonchev–Trinajstić information content (AvgIpc) is 3.99. The quantitative estimate of drug-likeness (QED) is 0.162. The van der Waals surface area contributed by atoms with Gasteiger partial charge in [0.25, 0.3) is 0 Å². The molecular formula is C70H42N4. The third-order valence-corrected chi connectivity index (χ3v) is 15.8. The molecule has 0 amide bonds. The summed E-state index contributed by atoms with van der Waals surface area (Å²) in [4.78, 5) is 16.1. The van der Waals surface area contributed by atoms with Crippen LogP contribution in [0.15, 0.2) is 249 Å². The predicted octanol–water partition coefficient (Wildman–Crippen LogP) is 18.0. The van der Waals surface area contributed by atoms with Crippen molar-refractivity contribution >= 4 is 86.4 Å². The lowest BCUT2D eigenvalue weighted by molar-refractivity contribution is 0.951. The highest BCUT2D eigenvalue weighted by Gasteiger charge is 2.34. The maximum absolute atomic E-state index is 5.46. The summed E-state index contributed by atoms with van der Waals surface area (Å²) in [7, 11) is 0. The maximum atomic E-state index is 5.46. The van der Waals surface area contributed by atoms with Crippen molar-refractivity contribution in [2.45, 2.75) is 5.92 Å². The third kappa shape index (κ3) is 6.06. The molecule has 0 bridgehead atoms. The van der Waals surface area contributed by atoms with Gasteiger partial charge in [-0.05, 0) is 140 Å². The topological polar surface area (TPSA) is 43.6 Å². The first kappa shape index (κ1) is 40.9. The molecule has 4 nitrogen and oxygen atoms in total. The molecule has 0 saturated carbocycles. The summed E-state index contributed by atoms with van der Waals surface area (Å²) in [6.45, 7) is 0. The molecular weight excluding hydrogens is 897 g/mol. The number of fused-ring (bicyclic) bond motifs is 18. The molecule has 0 saturated heterocycles. The van der Waals surface area contributed by atoms with Crippen molar-refractivity contribution in [3.8, 4) is 51.0 Å². The summed E-state index contributed by atoms with van der Waals surface area (Å²) in [6, 6.07) is 90.9. The molecule has 0 aliphatic heterocycles. The van der Waals surface area contributed by atoms with Gasteiger partial charge in [-0.2, -0.15) is 9.97 Å². The molecule has 1 atom stereocenters. The van der Waals surface area contributed by atoms with Crippen LogP contribution in [0.2, 0.25) is 0 Å². The van der Waals surface area contributed by atoms with Crippen molar-refractivity contribution in [1.82, 2.24) is 19.5 Å². The van der Waals surface area contributed by atoms with Crippen LogP contribution in [0, 0.1) is 0 Å². The van der Waals surface area contributed by atoms with Gasteiger partial charge >= 0.3 is 0 Å². The van der Waals surface area contributed by atoms with E-state index in [1.54, 1.807) is 0 Å². The zero-order valence-electron chi connectivity index (χ0n) is 40.0. The molecule has 342 valence electrons. The molecule has 0 fully saturated rings. The lowest BCUT2D eigenvalue weighted by Gasteiger charge is -2.18. The van der Waals surface area contributed by atoms with Crippen molar-refractivity contribution in [3.63, 3.8) is 0 Å². The normalized spacial score (nSPS) is 13.3. The van der Waals surface area contributed by atoms with E-state index in [1.165, 1.54) is 104 Å². The second-order valence-corrected chi connectivity index (χ2v) is 19.8. The van der Waals surface area contributed by atoms with Crippen molar-refractivity contribution in [1.29, 1.82) is 0 Å². The van der Waals surface area contributed by atoms with Crippen LogP contribution in [0.25, 0.3) is 137 Å². The fourth-order valence-electron chi connectivity index (χ4n) is 12.6. The van der Waals surface area contributed by atoms with E-state index in [1.807, 2.05) is 36.4 Å². The molecule has 1 unspecified atom stereocenters. The molecule has 15 aromatic rings. The molecule has 74 heavy (non-hydrogen) atoms. The Morgan fingerprint density at radius 3 is 1.16 bits per heavy atom.